The van der Waals surface area contributed by atoms with Crippen molar-refractivity contribution in [2.45, 2.75) is 6.54 Å². The number of nitrogens with one attached hydrogen (secondary N) is 1. The van der Waals surface area contributed by atoms with Crippen LogP contribution in [-0.2, 0) is 6.54 Å². The second kappa shape index (κ2) is 5.18. The second-order valence-corrected chi connectivity index (χ2v) is 4.95. The molecule has 0 radical (unpaired) electrons. The van der Waals surface area contributed by atoms with Crippen molar-refractivity contribution in [3.05, 3.63) is 39.7 Å². The van der Waals surface area contributed by atoms with Crippen LogP contribution in [0.3, 0.4) is 0 Å². The van der Waals surface area contributed by atoms with Crippen LogP contribution in [0.15, 0.2) is 30.5 Å². The number of halogens is 1. The third-order valence-corrected chi connectivity index (χ3v) is 3.27. The Hall–Kier alpha value is -1.26. The molecule has 84 valence electrons. The Balaban J connectivity index is 1.99. The predicted molar refractivity (Wildman–Crippen MR) is 67.4 cm³/mol. The number of methoxy groups -OCH3 is 1. The molecule has 2 rings (SSSR count). The highest BCUT2D eigenvalue weighted by molar-refractivity contribution is 7.16. The van der Waals surface area contributed by atoms with Crippen LogP contribution in [0.5, 0.6) is 5.88 Å². The molecule has 2 aromatic heterocycles. The minimum atomic E-state index is 0.606. The molecule has 0 saturated carbocycles. The SMILES string of the molecule is COc1cc(NCc2ccc(Cl)s2)ccn1. The van der Waals surface area contributed by atoms with Crippen molar-refractivity contribution in [2.24, 2.45) is 0 Å². The molecule has 5 heteroatoms. The first-order valence-electron chi connectivity index (χ1n) is 4.76. The summed E-state index contributed by atoms with van der Waals surface area (Å²) in [4.78, 5) is 5.23. The quantitative estimate of drug-likeness (QED) is 0.908. The maximum atomic E-state index is 5.85. The highest BCUT2D eigenvalue weighted by Gasteiger charge is 1.99. The summed E-state index contributed by atoms with van der Waals surface area (Å²) >= 11 is 7.42. The van der Waals surface area contributed by atoms with E-state index in [-0.39, 0.29) is 0 Å². The van der Waals surface area contributed by atoms with Gasteiger partial charge in [0.2, 0.25) is 5.88 Å². The van der Waals surface area contributed by atoms with Crippen molar-refractivity contribution < 1.29 is 4.74 Å². The minimum absolute atomic E-state index is 0.606. The summed E-state index contributed by atoms with van der Waals surface area (Å²) in [6, 6.07) is 7.67. The van der Waals surface area contributed by atoms with E-state index in [2.05, 4.69) is 10.3 Å². The summed E-state index contributed by atoms with van der Waals surface area (Å²) in [5, 5.41) is 3.28. The number of hydrogen-bond acceptors (Lipinski definition) is 4. The molecule has 0 aliphatic carbocycles. The van der Waals surface area contributed by atoms with E-state index in [4.69, 9.17) is 16.3 Å². The van der Waals surface area contributed by atoms with Gasteiger partial charge in [-0.05, 0) is 18.2 Å². The number of rotatable bonds is 4. The summed E-state index contributed by atoms with van der Waals surface area (Å²) in [7, 11) is 1.60. The first kappa shape index (κ1) is 11.2. The smallest absolute Gasteiger partial charge is 0.214 e. The lowest BCUT2D eigenvalue weighted by Gasteiger charge is -2.05. The molecule has 0 amide bonds. The van der Waals surface area contributed by atoms with Gasteiger partial charge in [-0.2, -0.15) is 0 Å². The Morgan fingerprint density at radius 3 is 3.00 bits per heavy atom. The van der Waals surface area contributed by atoms with Crippen LogP contribution >= 0.6 is 22.9 Å². The number of ether oxygens (including phenoxy) is 1. The van der Waals surface area contributed by atoms with Gasteiger partial charge in [-0.3, -0.25) is 0 Å². The number of pyridine rings is 1. The number of anilines is 1. The van der Waals surface area contributed by atoms with Crippen LogP contribution in [0.1, 0.15) is 4.88 Å². The van der Waals surface area contributed by atoms with Crippen LogP contribution < -0.4 is 10.1 Å². The lowest BCUT2D eigenvalue weighted by molar-refractivity contribution is 0.398. The fraction of sp³-hybridized carbons (Fsp3) is 0.182. The molecule has 2 aromatic rings. The van der Waals surface area contributed by atoms with Gasteiger partial charge >= 0.3 is 0 Å². The van der Waals surface area contributed by atoms with Gasteiger partial charge in [0, 0.05) is 29.4 Å². The van der Waals surface area contributed by atoms with Crippen LogP contribution in [0.25, 0.3) is 0 Å². The van der Waals surface area contributed by atoms with E-state index in [1.165, 1.54) is 4.88 Å². The summed E-state index contributed by atoms with van der Waals surface area (Å²) < 4.78 is 5.85. The highest BCUT2D eigenvalue weighted by atomic mass is 35.5. The third-order valence-electron chi connectivity index (χ3n) is 2.04. The van der Waals surface area contributed by atoms with Crippen LogP contribution in [0.2, 0.25) is 4.34 Å². The highest BCUT2D eigenvalue weighted by Crippen LogP contribution is 2.22. The molecule has 0 unspecified atom stereocenters. The van der Waals surface area contributed by atoms with Gasteiger partial charge in [-0.15, -0.1) is 11.3 Å². The average molecular weight is 255 g/mol. The van der Waals surface area contributed by atoms with Gasteiger partial charge in [-0.1, -0.05) is 11.6 Å². The Morgan fingerprint density at radius 1 is 1.44 bits per heavy atom. The lowest BCUT2D eigenvalue weighted by Crippen LogP contribution is -1.98. The molecule has 0 atom stereocenters. The monoisotopic (exact) mass is 254 g/mol. The third kappa shape index (κ3) is 2.87. The minimum Gasteiger partial charge on any atom is -0.481 e. The topological polar surface area (TPSA) is 34.1 Å². The fourth-order valence-electron chi connectivity index (χ4n) is 1.27. The Bertz CT molecular complexity index is 473. The molecule has 0 saturated heterocycles. The summed E-state index contributed by atoms with van der Waals surface area (Å²) in [5.41, 5.74) is 0.983. The largest absolute Gasteiger partial charge is 0.481 e. The normalized spacial score (nSPS) is 10.1. The Labute approximate surface area is 103 Å². The first-order valence-corrected chi connectivity index (χ1v) is 5.95. The predicted octanol–water partition coefficient (Wildman–Crippen LogP) is 3.42. The number of nitrogens with zero attached hydrogens (tertiary/aromatic N) is 1. The molecule has 0 bridgehead atoms. The van der Waals surface area contributed by atoms with E-state index in [0.717, 1.165) is 16.6 Å². The van der Waals surface area contributed by atoms with Gasteiger partial charge in [-0.25, -0.2) is 4.98 Å². The van der Waals surface area contributed by atoms with Crippen LogP contribution in [0.4, 0.5) is 5.69 Å². The maximum Gasteiger partial charge on any atom is 0.214 e. The van der Waals surface area contributed by atoms with E-state index in [1.807, 2.05) is 24.3 Å². The maximum absolute atomic E-state index is 5.85. The van der Waals surface area contributed by atoms with Crippen LogP contribution in [-0.4, -0.2) is 12.1 Å². The van der Waals surface area contributed by atoms with E-state index in [0.29, 0.717) is 5.88 Å². The van der Waals surface area contributed by atoms with Gasteiger partial charge < -0.3 is 10.1 Å². The van der Waals surface area contributed by atoms with Gasteiger partial charge in [0.25, 0.3) is 0 Å². The molecule has 0 spiro atoms. The van der Waals surface area contributed by atoms with Gasteiger partial charge in [0.15, 0.2) is 0 Å². The molecule has 0 aliphatic heterocycles. The first-order chi connectivity index (χ1) is 7.78. The van der Waals surface area contributed by atoms with Crippen molar-refractivity contribution in [2.75, 3.05) is 12.4 Å². The van der Waals surface area contributed by atoms with Crippen molar-refractivity contribution in [3.8, 4) is 5.88 Å². The van der Waals surface area contributed by atoms with E-state index >= 15 is 0 Å². The number of hydrogen-bond donors (Lipinski definition) is 1. The van der Waals surface area contributed by atoms with Crippen LogP contribution in [0, 0.1) is 0 Å². The zero-order chi connectivity index (χ0) is 11.4. The van der Waals surface area contributed by atoms with Gasteiger partial charge in [0.05, 0.1) is 11.4 Å². The summed E-state index contributed by atoms with van der Waals surface area (Å²) in [6.07, 6.45) is 1.71. The van der Waals surface area contributed by atoms with Crippen molar-refractivity contribution >= 4 is 28.6 Å². The molecule has 0 fully saturated rings. The molecule has 0 aromatic carbocycles. The zero-order valence-corrected chi connectivity index (χ0v) is 10.3. The summed E-state index contributed by atoms with van der Waals surface area (Å²) in [5.74, 6) is 0.606. The van der Waals surface area contributed by atoms with Crippen molar-refractivity contribution in [1.29, 1.82) is 0 Å². The van der Waals surface area contributed by atoms with E-state index in [9.17, 15) is 0 Å². The lowest BCUT2D eigenvalue weighted by atomic mass is 10.4. The molecule has 1 N–H and O–H groups in total. The zero-order valence-electron chi connectivity index (χ0n) is 8.74. The average Bonchev–Trinajstić information content (AvgIpc) is 2.73. The molecule has 3 nitrogen and oxygen atoms in total. The molecule has 16 heavy (non-hydrogen) atoms. The Morgan fingerprint density at radius 2 is 2.31 bits per heavy atom. The fourth-order valence-corrected chi connectivity index (χ4v) is 2.29. The second-order valence-electron chi connectivity index (χ2n) is 3.15. The van der Waals surface area contributed by atoms with Gasteiger partial charge in [0.1, 0.15) is 0 Å². The number of thiophene rings is 1. The molecule has 2 heterocycles. The summed E-state index contributed by atoms with van der Waals surface area (Å²) in [6.45, 7) is 0.755. The van der Waals surface area contributed by atoms with E-state index < -0.39 is 0 Å². The molecular weight excluding hydrogens is 244 g/mol. The number of aromatic nitrogens is 1. The van der Waals surface area contributed by atoms with Crippen molar-refractivity contribution in [3.63, 3.8) is 0 Å². The van der Waals surface area contributed by atoms with Crippen molar-refractivity contribution in [1.82, 2.24) is 4.98 Å². The standard InChI is InChI=1S/C11H11ClN2OS/c1-15-11-6-8(4-5-13-11)14-7-9-2-3-10(12)16-9/h2-6H,7H2,1H3,(H,13,14). The van der Waals surface area contributed by atoms with E-state index in [1.54, 1.807) is 24.6 Å². The molecular formula is C11H11ClN2OS. The molecule has 0 aliphatic rings. The Kier molecular flexibility index (Phi) is 3.64.